The summed E-state index contributed by atoms with van der Waals surface area (Å²) < 4.78 is 0.743. The molecule has 34 heavy (non-hydrogen) atoms. The number of likely N-dealkylation sites (N-methyl/N-ethyl adjacent to an activating group) is 1. The third kappa shape index (κ3) is 3.42. The summed E-state index contributed by atoms with van der Waals surface area (Å²) in [6, 6.07) is 36.8. The molecule has 5 aromatic carbocycles. The second-order valence-corrected chi connectivity index (χ2v) is 10.1. The predicted molar refractivity (Wildman–Crippen MR) is 141 cm³/mol. The summed E-state index contributed by atoms with van der Waals surface area (Å²) in [5.74, 6) is 0. The van der Waals surface area contributed by atoms with Crippen LogP contribution in [0.15, 0.2) is 103 Å². The molecule has 0 spiro atoms. The van der Waals surface area contributed by atoms with Gasteiger partial charge in [0.1, 0.15) is 25.2 Å². The second kappa shape index (κ2) is 8.09. The lowest BCUT2D eigenvalue weighted by Gasteiger charge is -2.42. The Balaban J connectivity index is 1.58. The summed E-state index contributed by atoms with van der Waals surface area (Å²) in [6.45, 7) is 3.94. The summed E-state index contributed by atoms with van der Waals surface area (Å²) >= 11 is 0. The first kappa shape index (κ1) is 21.1. The fourth-order valence-electron chi connectivity index (χ4n) is 5.81. The van der Waals surface area contributed by atoms with Crippen molar-refractivity contribution in [2.45, 2.75) is 32.2 Å². The Kier molecular flexibility index (Phi) is 5.02. The van der Waals surface area contributed by atoms with Crippen LogP contribution in [-0.4, -0.2) is 22.7 Å². The Morgan fingerprint density at radius 2 is 1.29 bits per heavy atom. The van der Waals surface area contributed by atoms with Crippen molar-refractivity contribution < 1.29 is 9.59 Å². The van der Waals surface area contributed by atoms with Gasteiger partial charge in [0.05, 0.1) is 7.05 Å². The minimum Gasteiger partial charge on any atom is -0.382 e. The first-order valence-corrected chi connectivity index (χ1v) is 12.1. The molecule has 6 rings (SSSR count). The fourth-order valence-corrected chi connectivity index (χ4v) is 5.81. The molecule has 3 atom stereocenters. The molecule has 1 aliphatic rings. The normalized spacial score (nSPS) is 19.3. The van der Waals surface area contributed by atoms with Crippen LogP contribution in [0.2, 0.25) is 0 Å². The summed E-state index contributed by atoms with van der Waals surface area (Å²) in [4.78, 5) is 0. The highest BCUT2D eigenvalue weighted by molar-refractivity contribution is 6.01. The van der Waals surface area contributed by atoms with Gasteiger partial charge in [0, 0.05) is 11.1 Å². The van der Waals surface area contributed by atoms with E-state index in [0.717, 1.165) is 23.1 Å². The van der Waals surface area contributed by atoms with E-state index in [-0.39, 0.29) is 6.04 Å². The molecule has 0 aliphatic carbocycles. The van der Waals surface area contributed by atoms with Crippen LogP contribution in [0.1, 0.15) is 29.7 Å². The molecule has 1 aliphatic heterocycles. The van der Waals surface area contributed by atoms with Crippen molar-refractivity contribution in [3.05, 3.63) is 120 Å². The third-order valence-electron chi connectivity index (χ3n) is 7.90. The number of quaternary nitrogens is 1. The van der Waals surface area contributed by atoms with Crippen LogP contribution in [-0.2, 0) is 13.1 Å². The maximum absolute atomic E-state index is 11.4. The van der Waals surface area contributed by atoms with Gasteiger partial charge in [0.2, 0.25) is 0 Å². The highest BCUT2D eigenvalue weighted by Crippen LogP contribution is 2.43. The van der Waals surface area contributed by atoms with Gasteiger partial charge in [-0.2, -0.15) is 0 Å². The van der Waals surface area contributed by atoms with Crippen molar-refractivity contribution in [3.63, 3.8) is 0 Å². The highest BCUT2D eigenvalue weighted by atomic mass is 16.3. The highest BCUT2D eigenvalue weighted by Gasteiger charge is 2.39. The smallest absolute Gasteiger partial charge is 0.130 e. The number of benzene rings is 5. The van der Waals surface area contributed by atoms with Crippen LogP contribution in [0, 0.1) is 0 Å². The first-order valence-electron chi connectivity index (χ1n) is 12.1. The monoisotopic (exact) mass is 444 g/mol. The van der Waals surface area contributed by atoms with Crippen molar-refractivity contribution in [1.82, 2.24) is 0 Å². The number of aliphatic hydroxyl groups excluding tert-OH is 1. The van der Waals surface area contributed by atoms with E-state index in [1.807, 2.05) is 30.3 Å². The van der Waals surface area contributed by atoms with Gasteiger partial charge in [-0.15, -0.1) is 0 Å². The quantitative estimate of drug-likeness (QED) is 0.291. The van der Waals surface area contributed by atoms with Gasteiger partial charge >= 0.3 is 0 Å². The van der Waals surface area contributed by atoms with Crippen molar-refractivity contribution in [2.24, 2.45) is 0 Å². The van der Waals surface area contributed by atoms with Crippen LogP contribution < -0.4 is 0 Å². The molecule has 0 bridgehead atoms. The van der Waals surface area contributed by atoms with Gasteiger partial charge in [-0.25, -0.2) is 0 Å². The van der Waals surface area contributed by atoms with Crippen LogP contribution in [0.4, 0.5) is 0 Å². The maximum atomic E-state index is 11.4. The van der Waals surface area contributed by atoms with Crippen molar-refractivity contribution >= 4 is 21.5 Å². The topological polar surface area (TPSA) is 20.2 Å². The lowest BCUT2D eigenvalue weighted by atomic mass is 9.90. The average molecular weight is 445 g/mol. The molecule has 0 fully saturated rings. The van der Waals surface area contributed by atoms with Crippen LogP contribution in [0.3, 0.4) is 0 Å². The van der Waals surface area contributed by atoms with E-state index in [4.69, 9.17) is 0 Å². The summed E-state index contributed by atoms with van der Waals surface area (Å²) in [6.07, 6.45) is -0.530. The molecule has 0 saturated heterocycles. The third-order valence-corrected chi connectivity index (χ3v) is 7.90. The lowest BCUT2D eigenvalue weighted by Crippen LogP contribution is -2.51. The average Bonchev–Trinajstić information content (AvgIpc) is 3.00. The molecule has 0 aromatic heterocycles. The molecule has 2 heteroatoms. The second-order valence-electron chi connectivity index (χ2n) is 10.1. The molecule has 1 N–H and O–H groups in total. The fraction of sp³-hybridized carbons (Fsp3) is 0.188. The zero-order chi connectivity index (χ0) is 23.3. The van der Waals surface area contributed by atoms with Gasteiger partial charge in [-0.05, 0) is 57.3 Å². The van der Waals surface area contributed by atoms with Crippen molar-refractivity contribution in [2.75, 3.05) is 7.05 Å². The van der Waals surface area contributed by atoms with E-state index in [9.17, 15) is 5.11 Å². The Hall–Kier alpha value is -3.46. The number of hydrogen-bond donors (Lipinski definition) is 1. The van der Waals surface area contributed by atoms with Crippen LogP contribution in [0.25, 0.3) is 32.7 Å². The molecule has 5 aromatic rings. The van der Waals surface area contributed by atoms with Crippen LogP contribution in [0.5, 0.6) is 0 Å². The predicted octanol–water partition coefficient (Wildman–Crippen LogP) is 7.24. The Bertz CT molecular complexity index is 1510. The summed E-state index contributed by atoms with van der Waals surface area (Å²) in [5.41, 5.74) is 6.36. The van der Waals surface area contributed by atoms with E-state index >= 15 is 0 Å². The van der Waals surface area contributed by atoms with E-state index in [2.05, 4.69) is 86.8 Å². The Labute approximate surface area is 201 Å². The number of fused-ring (bicyclic) bond motifs is 6. The first-order chi connectivity index (χ1) is 16.5. The molecular weight excluding hydrogens is 414 g/mol. The summed E-state index contributed by atoms with van der Waals surface area (Å²) in [7, 11) is 2.31. The van der Waals surface area contributed by atoms with E-state index in [1.165, 1.54) is 43.8 Å². The van der Waals surface area contributed by atoms with Crippen LogP contribution >= 0.6 is 0 Å². The lowest BCUT2D eigenvalue weighted by molar-refractivity contribution is -0.960. The van der Waals surface area contributed by atoms with E-state index in [0.29, 0.717) is 0 Å². The van der Waals surface area contributed by atoms with Gasteiger partial charge in [-0.3, -0.25) is 0 Å². The van der Waals surface area contributed by atoms with Crippen molar-refractivity contribution in [1.29, 1.82) is 0 Å². The van der Waals surface area contributed by atoms with Gasteiger partial charge in [0.25, 0.3) is 0 Å². The summed E-state index contributed by atoms with van der Waals surface area (Å²) in [5, 5.41) is 16.5. The standard InChI is InChI=1S/C32H30NO/c1-22(32(34)24-11-4-3-5-12-24)33(2)20-27-17-16-23-10-8-9-15-29(23)31(27)30-19-26-14-7-6-13-25(26)18-28(30)21-33/h3-19,22,32,34H,20-21H2,1-2H3/q+1/t22-,32-,33-/m1/s1. The SMILES string of the molecule is C[C@H]([C@@H](O)c1ccccc1)[N@@+]1(C)Cc2cc3ccccc3cc2-c2c(ccc3ccccc23)C1. The molecule has 0 saturated carbocycles. The largest absolute Gasteiger partial charge is 0.382 e. The Morgan fingerprint density at radius 1 is 0.676 bits per heavy atom. The minimum atomic E-state index is -0.530. The zero-order valence-electron chi connectivity index (χ0n) is 19.8. The maximum Gasteiger partial charge on any atom is 0.130 e. The van der Waals surface area contributed by atoms with Crippen molar-refractivity contribution in [3.8, 4) is 11.1 Å². The van der Waals surface area contributed by atoms with E-state index in [1.54, 1.807) is 0 Å². The molecule has 0 radical (unpaired) electrons. The number of nitrogens with zero attached hydrogens (tertiary/aromatic N) is 1. The zero-order valence-corrected chi connectivity index (χ0v) is 19.8. The minimum absolute atomic E-state index is 0.0270. The molecular formula is C32H30NO+. The number of hydrogen-bond acceptors (Lipinski definition) is 1. The van der Waals surface area contributed by atoms with E-state index < -0.39 is 6.10 Å². The molecule has 2 nitrogen and oxygen atoms in total. The molecule has 0 amide bonds. The molecule has 0 unspecified atom stereocenters. The molecule has 168 valence electrons. The van der Waals surface area contributed by atoms with Gasteiger partial charge in [-0.1, -0.05) is 91.0 Å². The number of rotatable bonds is 3. The van der Waals surface area contributed by atoms with Gasteiger partial charge in [0.15, 0.2) is 0 Å². The Morgan fingerprint density at radius 3 is 2.06 bits per heavy atom. The van der Waals surface area contributed by atoms with Gasteiger partial charge < -0.3 is 9.59 Å². The number of aliphatic hydroxyl groups is 1. The molecule has 1 heterocycles.